The van der Waals surface area contributed by atoms with Crippen LogP contribution in [0.1, 0.15) is 37.3 Å². The molecule has 1 saturated carbocycles. The summed E-state index contributed by atoms with van der Waals surface area (Å²) in [7, 11) is 4.56. The van der Waals surface area contributed by atoms with Crippen LogP contribution in [0.5, 0.6) is 0 Å². The van der Waals surface area contributed by atoms with Crippen LogP contribution in [-0.2, 0) is 0 Å². The van der Waals surface area contributed by atoms with Gasteiger partial charge in [-0.2, -0.15) is 0 Å². The molecule has 116 valence electrons. The number of nitrogens with zero attached hydrogens (tertiary/aromatic N) is 2. The summed E-state index contributed by atoms with van der Waals surface area (Å²) in [5.41, 5.74) is 1.45. The summed E-state index contributed by atoms with van der Waals surface area (Å²) >= 11 is 0. The fourth-order valence-electron chi connectivity index (χ4n) is 3.39. The summed E-state index contributed by atoms with van der Waals surface area (Å²) in [4.78, 5) is 5.07. The molecule has 2 aliphatic rings. The monoisotopic (exact) mass is 287 g/mol. The van der Waals surface area contributed by atoms with E-state index in [-0.39, 0.29) is 0 Å². The molecule has 1 aliphatic carbocycles. The average molecular weight is 287 g/mol. The Morgan fingerprint density at radius 3 is 2.43 bits per heavy atom. The number of likely N-dealkylation sites (tertiary alicyclic amines) is 1. The van der Waals surface area contributed by atoms with E-state index in [0.29, 0.717) is 12.1 Å². The Kier molecular flexibility index (Phi) is 4.94. The third kappa shape index (κ3) is 4.06. The molecule has 21 heavy (non-hydrogen) atoms. The standard InChI is InChI=1S/C18H29N3/c1-20-12-10-17(11-13-20)21(2)18(14-19-16-8-9-16)15-6-4-3-5-7-15/h3-7,16-19H,8-14H2,1-2H3. The van der Waals surface area contributed by atoms with Crippen molar-refractivity contribution in [1.29, 1.82) is 0 Å². The van der Waals surface area contributed by atoms with Gasteiger partial charge in [0, 0.05) is 24.7 Å². The van der Waals surface area contributed by atoms with Crippen molar-refractivity contribution in [3.05, 3.63) is 35.9 Å². The molecule has 1 atom stereocenters. The van der Waals surface area contributed by atoms with Crippen LogP contribution < -0.4 is 5.32 Å². The van der Waals surface area contributed by atoms with Crippen molar-refractivity contribution in [2.24, 2.45) is 0 Å². The highest BCUT2D eigenvalue weighted by Gasteiger charge is 2.28. The molecule has 0 amide bonds. The summed E-state index contributed by atoms with van der Waals surface area (Å²) in [5.74, 6) is 0. The molecular weight excluding hydrogens is 258 g/mol. The summed E-state index contributed by atoms with van der Waals surface area (Å²) < 4.78 is 0. The molecule has 1 aromatic carbocycles. The number of benzene rings is 1. The lowest BCUT2D eigenvalue weighted by molar-refractivity contribution is 0.105. The number of likely N-dealkylation sites (N-methyl/N-ethyl adjacent to an activating group) is 1. The van der Waals surface area contributed by atoms with Gasteiger partial charge >= 0.3 is 0 Å². The van der Waals surface area contributed by atoms with Crippen LogP contribution in [0.15, 0.2) is 30.3 Å². The largest absolute Gasteiger partial charge is 0.312 e. The van der Waals surface area contributed by atoms with Crippen LogP contribution >= 0.6 is 0 Å². The summed E-state index contributed by atoms with van der Waals surface area (Å²) in [6.45, 7) is 3.54. The highest BCUT2D eigenvalue weighted by Crippen LogP contribution is 2.27. The Bertz CT molecular complexity index is 421. The third-order valence-electron chi connectivity index (χ3n) is 5.12. The molecule has 0 radical (unpaired) electrons. The minimum Gasteiger partial charge on any atom is -0.312 e. The normalized spacial score (nSPS) is 22.6. The molecule has 0 aromatic heterocycles. The topological polar surface area (TPSA) is 18.5 Å². The lowest BCUT2D eigenvalue weighted by atomic mass is 9.98. The molecule has 1 N–H and O–H groups in total. The Morgan fingerprint density at radius 1 is 1.14 bits per heavy atom. The van der Waals surface area contributed by atoms with Gasteiger partial charge in [-0.3, -0.25) is 4.90 Å². The molecule has 3 rings (SSSR count). The van der Waals surface area contributed by atoms with E-state index in [1.165, 1.54) is 44.3 Å². The van der Waals surface area contributed by atoms with Crippen molar-refractivity contribution in [2.45, 2.75) is 43.8 Å². The molecular formula is C18H29N3. The van der Waals surface area contributed by atoms with Gasteiger partial charge in [-0.25, -0.2) is 0 Å². The van der Waals surface area contributed by atoms with Crippen molar-refractivity contribution in [1.82, 2.24) is 15.1 Å². The van der Waals surface area contributed by atoms with Gasteiger partial charge in [-0.1, -0.05) is 30.3 Å². The minimum atomic E-state index is 0.500. The van der Waals surface area contributed by atoms with Gasteiger partial charge < -0.3 is 10.2 Å². The molecule has 0 bridgehead atoms. The van der Waals surface area contributed by atoms with E-state index in [0.717, 1.165) is 12.6 Å². The van der Waals surface area contributed by atoms with Crippen LogP contribution in [0.4, 0.5) is 0 Å². The van der Waals surface area contributed by atoms with Gasteiger partial charge in [0.15, 0.2) is 0 Å². The van der Waals surface area contributed by atoms with E-state index < -0.39 is 0 Å². The van der Waals surface area contributed by atoms with Crippen molar-refractivity contribution in [3.8, 4) is 0 Å². The minimum absolute atomic E-state index is 0.500. The number of rotatable bonds is 6. The molecule has 3 heteroatoms. The van der Waals surface area contributed by atoms with Crippen molar-refractivity contribution in [2.75, 3.05) is 33.7 Å². The second kappa shape index (κ2) is 6.91. The zero-order valence-corrected chi connectivity index (χ0v) is 13.5. The maximum absolute atomic E-state index is 3.73. The summed E-state index contributed by atoms with van der Waals surface area (Å²) in [6.07, 6.45) is 5.30. The molecule has 1 aromatic rings. The zero-order chi connectivity index (χ0) is 14.7. The van der Waals surface area contributed by atoms with Gasteiger partial charge in [-0.15, -0.1) is 0 Å². The molecule has 1 unspecified atom stereocenters. The number of nitrogens with one attached hydrogen (secondary N) is 1. The maximum atomic E-state index is 3.73. The molecule has 0 spiro atoms. The second-order valence-electron chi connectivity index (χ2n) is 6.81. The Hall–Kier alpha value is -0.900. The lowest BCUT2D eigenvalue weighted by Crippen LogP contribution is -2.45. The first-order valence-electron chi connectivity index (χ1n) is 8.43. The number of hydrogen-bond acceptors (Lipinski definition) is 3. The van der Waals surface area contributed by atoms with E-state index in [2.05, 4.69) is 59.5 Å². The average Bonchev–Trinajstić information content (AvgIpc) is 3.33. The lowest BCUT2D eigenvalue weighted by Gasteiger charge is -2.40. The van der Waals surface area contributed by atoms with Crippen molar-refractivity contribution < 1.29 is 0 Å². The number of piperidine rings is 1. The van der Waals surface area contributed by atoms with Gasteiger partial charge in [0.1, 0.15) is 0 Å². The Morgan fingerprint density at radius 2 is 1.81 bits per heavy atom. The van der Waals surface area contributed by atoms with Gasteiger partial charge in [0.25, 0.3) is 0 Å². The molecule has 1 heterocycles. The zero-order valence-electron chi connectivity index (χ0n) is 13.5. The van der Waals surface area contributed by atoms with Crippen LogP contribution in [0.3, 0.4) is 0 Å². The molecule has 1 saturated heterocycles. The first kappa shape index (κ1) is 15.0. The third-order valence-corrected chi connectivity index (χ3v) is 5.12. The van der Waals surface area contributed by atoms with E-state index in [9.17, 15) is 0 Å². The van der Waals surface area contributed by atoms with Crippen LogP contribution in [0.25, 0.3) is 0 Å². The highest BCUT2D eigenvalue weighted by atomic mass is 15.2. The molecule has 1 aliphatic heterocycles. The molecule has 3 nitrogen and oxygen atoms in total. The predicted octanol–water partition coefficient (Wildman–Crippen LogP) is 2.51. The fraction of sp³-hybridized carbons (Fsp3) is 0.667. The summed E-state index contributed by atoms with van der Waals surface area (Å²) in [6, 6.07) is 13.0. The smallest absolute Gasteiger partial charge is 0.0472 e. The van der Waals surface area contributed by atoms with E-state index in [1.807, 2.05) is 0 Å². The fourth-order valence-corrected chi connectivity index (χ4v) is 3.39. The van der Waals surface area contributed by atoms with Crippen molar-refractivity contribution >= 4 is 0 Å². The predicted molar refractivity (Wildman–Crippen MR) is 88.5 cm³/mol. The van der Waals surface area contributed by atoms with Crippen molar-refractivity contribution in [3.63, 3.8) is 0 Å². The van der Waals surface area contributed by atoms with Crippen LogP contribution in [0, 0.1) is 0 Å². The maximum Gasteiger partial charge on any atom is 0.0472 e. The Labute approximate surface area is 129 Å². The number of hydrogen-bond donors (Lipinski definition) is 1. The first-order chi connectivity index (χ1) is 10.2. The van der Waals surface area contributed by atoms with E-state index in [4.69, 9.17) is 0 Å². The first-order valence-corrected chi connectivity index (χ1v) is 8.43. The van der Waals surface area contributed by atoms with Crippen LogP contribution in [0.2, 0.25) is 0 Å². The van der Waals surface area contributed by atoms with Crippen LogP contribution in [-0.4, -0.2) is 55.6 Å². The van der Waals surface area contributed by atoms with E-state index in [1.54, 1.807) is 0 Å². The van der Waals surface area contributed by atoms with Gasteiger partial charge in [0.2, 0.25) is 0 Å². The van der Waals surface area contributed by atoms with Gasteiger partial charge in [0.05, 0.1) is 0 Å². The quantitative estimate of drug-likeness (QED) is 0.867. The Balaban J connectivity index is 1.67. The molecule has 2 fully saturated rings. The van der Waals surface area contributed by atoms with Gasteiger partial charge in [-0.05, 0) is 58.4 Å². The highest BCUT2D eigenvalue weighted by molar-refractivity contribution is 5.20. The summed E-state index contributed by atoms with van der Waals surface area (Å²) in [5, 5.41) is 3.73. The van der Waals surface area contributed by atoms with E-state index >= 15 is 0 Å². The SMILES string of the molecule is CN1CCC(N(C)C(CNC2CC2)c2ccccc2)CC1. The second-order valence-corrected chi connectivity index (χ2v) is 6.81.